The summed E-state index contributed by atoms with van der Waals surface area (Å²) in [6.07, 6.45) is 0. The molecule has 1 aromatic rings. The summed E-state index contributed by atoms with van der Waals surface area (Å²) in [7, 11) is 3.27. The fourth-order valence-corrected chi connectivity index (χ4v) is 1.02. The van der Waals surface area contributed by atoms with Crippen LogP contribution in [0.4, 0.5) is 8.78 Å². The van der Waals surface area contributed by atoms with Crippen molar-refractivity contribution in [1.82, 2.24) is 10.4 Å². The minimum absolute atomic E-state index is 0.157. The number of hydrazine groups is 1. The van der Waals surface area contributed by atoms with Gasteiger partial charge in [0, 0.05) is 20.2 Å². The standard InChI is InChI=1S/C10H12F2N2O2/c1-14(2)13-10(15)6-16-9-4-3-7(11)5-8(9)12/h3-5H,6H2,1-2H3,(H,13,15). The average molecular weight is 230 g/mol. The SMILES string of the molecule is CN(C)NC(=O)COc1ccc(F)cc1F. The van der Waals surface area contributed by atoms with Gasteiger partial charge in [0.2, 0.25) is 0 Å². The van der Waals surface area contributed by atoms with Crippen molar-refractivity contribution >= 4 is 5.91 Å². The topological polar surface area (TPSA) is 41.6 Å². The van der Waals surface area contributed by atoms with Gasteiger partial charge in [-0.3, -0.25) is 10.2 Å². The summed E-state index contributed by atoms with van der Waals surface area (Å²) in [5.74, 6) is -2.11. The second-order valence-corrected chi connectivity index (χ2v) is 3.29. The molecule has 0 radical (unpaired) electrons. The molecule has 0 fully saturated rings. The van der Waals surface area contributed by atoms with Crippen molar-refractivity contribution in [3.8, 4) is 5.75 Å². The number of carbonyl (C=O) groups is 1. The van der Waals surface area contributed by atoms with Gasteiger partial charge in [0.1, 0.15) is 5.82 Å². The number of hydrogen-bond donors (Lipinski definition) is 1. The zero-order valence-electron chi connectivity index (χ0n) is 8.96. The number of carbonyl (C=O) groups excluding carboxylic acids is 1. The lowest BCUT2D eigenvalue weighted by atomic mass is 10.3. The lowest BCUT2D eigenvalue weighted by Gasteiger charge is -2.12. The highest BCUT2D eigenvalue weighted by atomic mass is 19.1. The molecule has 4 nitrogen and oxygen atoms in total. The van der Waals surface area contributed by atoms with E-state index in [2.05, 4.69) is 5.43 Å². The highest BCUT2D eigenvalue weighted by molar-refractivity contribution is 5.76. The Kier molecular flexibility index (Phi) is 4.19. The van der Waals surface area contributed by atoms with Crippen LogP contribution in [0.2, 0.25) is 0 Å². The molecule has 0 bridgehead atoms. The van der Waals surface area contributed by atoms with Crippen LogP contribution in [0.15, 0.2) is 18.2 Å². The van der Waals surface area contributed by atoms with E-state index in [1.54, 1.807) is 14.1 Å². The van der Waals surface area contributed by atoms with Crippen molar-refractivity contribution < 1.29 is 18.3 Å². The molecule has 0 aromatic heterocycles. The van der Waals surface area contributed by atoms with Gasteiger partial charge in [-0.2, -0.15) is 0 Å². The fraction of sp³-hybridized carbons (Fsp3) is 0.300. The molecule has 0 saturated carbocycles. The van der Waals surface area contributed by atoms with Crippen molar-refractivity contribution in [2.24, 2.45) is 0 Å². The largest absolute Gasteiger partial charge is 0.481 e. The first-order chi connectivity index (χ1) is 7.49. The summed E-state index contributed by atoms with van der Waals surface area (Å²) in [5, 5.41) is 1.44. The van der Waals surface area contributed by atoms with E-state index in [9.17, 15) is 13.6 Å². The van der Waals surface area contributed by atoms with Gasteiger partial charge < -0.3 is 4.74 Å². The molecule has 0 spiro atoms. The molecule has 16 heavy (non-hydrogen) atoms. The monoisotopic (exact) mass is 230 g/mol. The Bertz CT molecular complexity index is 383. The first-order valence-corrected chi connectivity index (χ1v) is 4.53. The van der Waals surface area contributed by atoms with Crippen molar-refractivity contribution in [1.29, 1.82) is 0 Å². The maximum Gasteiger partial charge on any atom is 0.272 e. The number of benzene rings is 1. The Morgan fingerprint density at radius 2 is 2.12 bits per heavy atom. The molecule has 0 atom stereocenters. The zero-order valence-corrected chi connectivity index (χ0v) is 8.96. The van der Waals surface area contributed by atoms with Gasteiger partial charge in [-0.1, -0.05) is 0 Å². The molecule has 88 valence electrons. The molecule has 1 amide bonds. The highest BCUT2D eigenvalue weighted by Gasteiger charge is 2.07. The van der Waals surface area contributed by atoms with Crippen LogP contribution in [0, 0.1) is 11.6 Å². The van der Waals surface area contributed by atoms with Crippen molar-refractivity contribution in [3.05, 3.63) is 29.8 Å². The minimum atomic E-state index is -0.836. The molecule has 0 aliphatic carbocycles. The van der Waals surface area contributed by atoms with E-state index in [-0.39, 0.29) is 12.4 Å². The maximum absolute atomic E-state index is 13.1. The number of nitrogens with one attached hydrogen (secondary N) is 1. The third kappa shape index (κ3) is 3.82. The predicted octanol–water partition coefficient (Wildman–Crippen LogP) is 0.936. The van der Waals surface area contributed by atoms with Crippen LogP contribution in [-0.2, 0) is 4.79 Å². The maximum atomic E-state index is 13.1. The average Bonchev–Trinajstić information content (AvgIpc) is 2.15. The molecule has 1 rings (SSSR count). The van der Waals surface area contributed by atoms with Gasteiger partial charge in [0.15, 0.2) is 18.2 Å². The van der Waals surface area contributed by atoms with Crippen LogP contribution in [0.1, 0.15) is 0 Å². The van der Waals surface area contributed by atoms with Crippen LogP contribution < -0.4 is 10.2 Å². The predicted molar refractivity (Wildman–Crippen MR) is 53.7 cm³/mol. The highest BCUT2D eigenvalue weighted by Crippen LogP contribution is 2.17. The molecule has 0 aliphatic rings. The molecular formula is C10H12F2N2O2. The van der Waals surface area contributed by atoms with Crippen LogP contribution in [0.5, 0.6) is 5.75 Å². The lowest BCUT2D eigenvalue weighted by Crippen LogP contribution is -2.39. The molecule has 0 aliphatic heterocycles. The quantitative estimate of drug-likeness (QED) is 0.782. The van der Waals surface area contributed by atoms with Gasteiger partial charge in [-0.25, -0.2) is 13.8 Å². The summed E-state index contributed by atoms with van der Waals surface area (Å²) in [4.78, 5) is 11.1. The summed E-state index contributed by atoms with van der Waals surface area (Å²) in [6.45, 7) is -0.333. The van der Waals surface area contributed by atoms with E-state index in [4.69, 9.17) is 4.74 Å². The van der Waals surface area contributed by atoms with E-state index in [1.807, 2.05) is 0 Å². The minimum Gasteiger partial charge on any atom is -0.481 e. The second-order valence-electron chi connectivity index (χ2n) is 3.29. The van der Waals surface area contributed by atoms with Gasteiger partial charge in [0.05, 0.1) is 0 Å². The summed E-state index contributed by atoms with van der Waals surface area (Å²) < 4.78 is 30.5. The van der Waals surface area contributed by atoms with Crippen LogP contribution in [0.3, 0.4) is 0 Å². The number of halogens is 2. The third-order valence-electron chi connectivity index (χ3n) is 1.60. The van der Waals surface area contributed by atoms with Crippen molar-refractivity contribution in [3.63, 3.8) is 0 Å². The number of rotatable bonds is 4. The molecule has 0 heterocycles. The first-order valence-electron chi connectivity index (χ1n) is 4.53. The molecule has 0 saturated heterocycles. The Morgan fingerprint density at radius 1 is 1.44 bits per heavy atom. The van der Waals surface area contributed by atoms with Gasteiger partial charge in [0.25, 0.3) is 5.91 Å². The van der Waals surface area contributed by atoms with Gasteiger partial charge >= 0.3 is 0 Å². The van der Waals surface area contributed by atoms with Gasteiger partial charge in [-0.05, 0) is 12.1 Å². The third-order valence-corrected chi connectivity index (χ3v) is 1.60. The number of amides is 1. The van der Waals surface area contributed by atoms with E-state index in [0.717, 1.165) is 12.1 Å². The van der Waals surface area contributed by atoms with Crippen molar-refractivity contribution in [2.45, 2.75) is 0 Å². The Balaban J connectivity index is 2.51. The summed E-state index contributed by atoms with van der Waals surface area (Å²) in [5.41, 5.74) is 2.42. The smallest absolute Gasteiger partial charge is 0.272 e. The Hall–Kier alpha value is -1.69. The van der Waals surface area contributed by atoms with Crippen LogP contribution >= 0.6 is 0 Å². The Labute approximate surface area is 91.8 Å². The van der Waals surface area contributed by atoms with Crippen molar-refractivity contribution in [2.75, 3.05) is 20.7 Å². The second kappa shape index (κ2) is 5.41. The summed E-state index contributed by atoms with van der Waals surface area (Å²) >= 11 is 0. The number of nitrogens with zero attached hydrogens (tertiary/aromatic N) is 1. The zero-order chi connectivity index (χ0) is 12.1. The Morgan fingerprint density at radius 3 is 2.69 bits per heavy atom. The van der Waals surface area contributed by atoms with E-state index >= 15 is 0 Å². The number of ether oxygens (including phenoxy) is 1. The normalized spacial score (nSPS) is 10.3. The molecule has 1 aromatic carbocycles. The first kappa shape index (κ1) is 12.4. The van der Waals surface area contributed by atoms with E-state index < -0.39 is 17.5 Å². The molecular weight excluding hydrogens is 218 g/mol. The number of hydrogen-bond acceptors (Lipinski definition) is 3. The van der Waals surface area contributed by atoms with Crippen LogP contribution in [-0.4, -0.2) is 31.6 Å². The van der Waals surface area contributed by atoms with Gasteiger partial charge in [-0.15, -0.1) is 0 Å². The fourth-order valence-electron chi connectivity index (χ4n) is 1.02. The molecule has 6 heteroatoms. The van der Waals surface area contributed by atoms with E-state index in [0.29, 0.717) is 6.07 Å². The molecule has 0 unspecified atom stereocenters. The molecule has 1 N–H and O–H groups in total. The van der Waals surface area contributed by atoms with E-state index in [1.165, 1.54) is 5.01 Å². The lowest BCUT2D eigenvalue weighted by molar-refractivity contribution is -0.126. The summed E-state index contributed by atoms with van der Waals surface area (Å²) in [6, 6.07) is 2.88. The van der Waals surface area contributed by atoms with Crippen LogP contribution in [0.25, 0.3) is 0 Å².